The molecule has 3 rings (SSSR count). The molecule has 0 radical (unpaired) electrons. The normalized spacial score (nSPS) is 11.3. The molecular weight excluding hydrogens is 318 g/mol. The standard InChI is InChI=1S/C15H13N3O4S/c1-10(19)17-11-2-5-13(6-3-11)23(20,21)18-12-4-7-14-15(8-12)22-9-16-14/h2-9,18H,1H3,(H,17,19). The molecule has 3 aromatic rings. The van der Waals surface area contributed by atoms with Crippen molar-refractivity contribution in [2.75, 3.05) is 10.0 Å². The van der Waals surface area contributed by atoms with Crippen molar-refractivity contribution in [2.45, 2.75) is 11.8 Å². The summed E-state index contributed by atoms with van der Waals surface area (Å²) in [6.07, 6.45) is 1.30. The number of sulfonamides is 1. The van der Waals surface area contributed by atoms with Crippen LogP contribution in [0.4, 0.5) is 11.4 Å². The molecule has 0 saturated carbocycles. The van der Waals surface area contributed by atoms with Gasteiger partial charge < -0.3 is 9.73 Å². The summed E-state index contributed by atoms with van der Waals surface area (Å²) in [5.74, 6) is -0.223. The van der Waals surface area contributed by atoms with Crippen molar-refractivity contribution < 1.29 is 17.6 Å². The fourth-order valence-electron chi connectivity index (χ4n) is 2.05. The molecule has 2 N–H and O–H groups in total. The Labute approximate surface area is 132 Å². The number of benzene rings is 2. The van der Waals surface area contributed by atoms with Gasteiger partial charge in [0.15, 0.2) is 12.0 Å². The fourth-order valence-corrected chi connectivity index (χ4v) is 3.10. The van der Waals surface area contributed by atoms with E-state index in [2.05, 4.69) is 15.0 Å². The van der Waals surface area contributed by atoms with Crippen molar-refractivity contribution in [3.05, 3.63) is 48.9 Å². The summed E-state index contributed by atoms with van der Waals surface area (Å²) in [5.41, 5.74) is 2.04. The van der Waals surface area contributed by atoms with E-state index in [-0.39, 0.29) is 10.8 Å². The summed E-state index contributed by atoms with van der Waals surface area (Å²) < 4.78 is 32.3. The van der Waals surface area contributed by atoms with E-state index in [9.17, 15) is 13.2 Å². The van der Waals surface area contributed by atoms with Gasteiger partial charge in [0.1, 0.15) is 5.52 Å². The Balaban J connectivity index is 1.84. The number of fused-ring (bicyclic) bond motifs is 1. The first kappa shape index (κ1) is 15.0. The monoisotopic (exact) mass is 331 g/mol. The number of amides is 1. The number of rotatable bonds is 4. The molecule has 8 heteroatoms. The molecule has 2 aromatic carbocycles. The van der Waals surface area contributed by atoms with Gasteiger partial charge >= 0.3 is 0 Å². The lowest BCUT2D eigenvalue weighted by Crippen LogP contribution is -2.13. The van der Waals surface area contributed by atoms with E-state index in [0.717, 1.165) is 0 Å². The van der Waals surface area contributed by atoms with Gasteiger partial charge in [-0.15, -0.1) is 0 Å². The molecule has 0 fully saturated rings. The maximum absolute atomic E-state index is 12.4. The number of nitrogens with zero attached hydrogens (tertiary/aromatic N) is 1. The molecule has 1 amide bonds. The first-order chi connectivity index (χ1) is 10.9. The molecule has 0 spiro atoms. The lowest BCUT2D eigenvalue weighted by atomic mass is 10.3. The lowest BCUT2D eigenvalue weighted by molar-refractivity contribution is -0.114. The minimum atomic E-state index is -3.74. The van der Waals surface area contributed by atoms with Crippen molar-refractivity contribution >= 4 is 38.4 Å². The van der Waals surface area contributed by atoms with Crippen LogP contribution in [0.2, 0.25) is 0 Å². The van der Waals surface area contributed by atoms with Crippen LogP contribution in [-0.2, 0) is 14.8 Å². The van der Waals surface area contributed by atoms with Crippen LogP contribution in [0, 0.1) is 0 Å². The number of aromatic nitrogens is 1. The van der Waals surface area contributed by atoms with Crippen molar-refractivity contribution in [1.29, 1.82) is 0 Å². The highest BCUT2D eigenvalue weighted by Gasteiger charge is 2.15. The van der Waals surface area contributed by atoms with Crippen LogP contribution in [0.25, 0.3) is 11.1 Å². The highest BCUT2D eigenvalue weighted by atomic mass is 32.2. The highest BCUT2D eigenvalue weighted by molar-refractivity contribution is 7.92. The Morgan fingerprint density at radius 1 is 1.09 bits per heavy atom. The minimum Gasteiger partial charge on any atom is -0.443 e. The van der Waals surface area contributed by atoms with Crippen LogP contribution in [0.15, 0.2) is 58.2 Å². The number of oxazole rings is 1. The largest absolute Gasteiger partial charge is 0.443 e. The van der Waals surface area contributed by atoms with Crippen molar-refractivity contribution in [2.24, 2.45) is 0 Å². The Morgan fingerprint density at radius 3 is 2.48 bits per heavy atom. The van der Waals surface area contributed by atoms with E-state index in [1.54, 1.807) is 18.2 Å². The third-order valence-electron chi connectivity index (χ3n) is 3.07. The van der Waals surface area contributed by atoms with Crippen molar-refractivity contribution in [1.82, 2.24) is 4.98 Å². The Bertz CT molecular complexity index is 962. The average molecular weight is 331 g/mol. The van der Waals surface area contributed by atoms with Crippen molar-refractivity contribution in [3.8, 4) is 0 Å². The second-order valence-electron chi connectivity index (χ2n) is 4.85. The maximum Gasteiger partial charge on any atom is 0.261 e. The van der Waals surface area contributed by atoms with Gasteiger partial charge in [-0.25, -0.2) is 13.4 Å². The molecule has 1 heterocycles. The van der Waals surface area contributed by atoms with Crippen LogP contribution in [0.5, 0.6) is 0 Å². The van der Waals surface area contributed by atoms with Gasteiger partial charge in [-0.1, -0.05) is 0 Å². The van der Waals surface area contributed by atoms with Crippen LogP contribution in [-0.4, -0.2) is 19.3 Å². The smallest absolute Gasteiger partial charge is 0.261 e. The Morgan fingerprint density at radius 2 is 1.78 bits per heavy atom. The number of carbonyl (C=O) groups excluding carboxylic acids is 1. The predicted octanol–water partition coefficient (Wildman–Crippen LogP) is 2.59. The van der Waals surface area contributed by atoms with Gasteiger partial charge in [-0.2, -0.15) is 0 Å². The Kier molecular flexibility index (Phi) is 3.75. The van der Waals surface area contributed by atoms with E-state index >= 15 is 0 Å². The molecule has 0 unspecified atom stereocenters. The number of hydrogen-bond acceptors (Lipinski definition) is 5. The zero-order valence-corrected chi connectivity index (χ0v) is 12.9. The lowest BCUT2D eigenvalue weighted by Gasteiger charge is -2.09. The molecule has 0 atom stereocenters. The molecular formula is C15H13N3O4S. The van der Waals surface area contributed by atoms with E-state index < -0.39 is 10.0 Å². The molecule has 0 aliphatic carbocycles. The number of carbonyl (C=O) groups is 1. The van der Waals surface area contributed by atoms with Crippen LogP contribution < -0.4 is 10.0 Å². The van der Waals surface area contributed by atoms with Gasteiger partial charge in [0.2, 0.25) is 5.91 Å². The number of hydrogen-bond donors (Lipinski definition) is 2. The fraction of sp³-hybridized carbons (Fsp3) is 0.0667. The molecule has 23 heavy (non-hydrogen) atoms. The second kappa shape index (κ2) is 5.73. The third kappa shape index (κ3) is 3.32. The molecule has 0 aliphatic rings. The summed E-state index contributed by atoms with van der Waals surface area (Å²) in [6, 6.07) is 10.7. The number of nitrogens with one attached hydrogen (secondary N) is 2. The zero-order chi connectivity index (χ0) is 16.4. The second-order valence-corrected chi connectivity index (χ2v) is 6.53. The predicted molar refractivity (Wildman–Crippen MR) is 85.6 cm³/mol. The molecule has 0 saturated heterocycles. The zero-order valence-electron chi connectivity index (χ0n) is 12.1. The number of anilines is 2. The van der Waals surface area contributed by atoms with Gasteiger partial charge in [0.05, 0.1) is 10.6 Å². The first-order valence-corrected chi connectivity index (χ1v) is 8.16. The molecule has 1 aromatic heterocycles. The SMILES string of the molecule is CC(=O)Nc1ccc(S(=O)(=O)Nc2ccc3ncoc3c2)cc1. The molecule has 118 valence electrons. The summed E-state index contributed by atoms with van der Waals surface area (Å²) in [7, 11) is -3.74. The van der Waals surface area contributed by atoms with Gasteiger partial charge in [-0.05, 0) is 36.4 Å². The van der Waals surface area contributed by atoms with Crippen LogP contribution in [0.3, 0.4) is 0 Å². The molecule has 0 aliphatic heterocycles. The molecule has 7 nitrogen and oxygen atoms in total. The summed E-state index contributed by atoms with van der Waals surface area (Å²) >= 11 is 0. The van der Waals surface area contributed by atoms with Gasteiger partial charge in [0, 0.05) is 18.7 Å². The van der Waals surface area contributed by atoms with Crippen LogP contribution >= 0.6 is 0 Å². The quantitative estimate of drug-likeness (QED) is 0.765. The Hall–Kier alpha value is -2.87. The highest BCUT2D eigenvalue weighted by Crippen LogP contribution is 2.22. The summed E-state index contributed by atoms with van der Waals surface area (Å²) in [4.78, 5) is 15.0. The summed E-state index contributed by atoms with van der Waals surface area (Å²) in [5, 5.41) is 2.58. The van der Waals surface area contributed by atoms with Gasteiger partial charge in [0.25, 0.3) is 10.0 Å². The first-order valence-electron chi connectivity index (χ1n) is 6.68. The topological polar surface area (TPSA) is 101 Å². The third-order valence-corrected chi connectivity index (χ3v) is 4.47. The van der Waals surface area contributed by atoms with Crippen LogP contribution in [0.1, 0.15) is 6.92 Å². The molecule has 0 bridgehead atoms. The van der Waals surface area contributed by atoms with Crippen molar-refractivity contribution in [3.63, 3.8) is 0 Å². The summed E-state index contributed by atoms with van der Waals surface area (Å²) in [6.45, 7) is 1.38. The maximum atomic E-state index is 12.4. The minimum absolute atomic E-state index is 0.0873. The van der Waals surface area contributed by atoms with E-state index in [4.69, 9.17) is 4.42 Å². The van der Waals surface area contributed by atoms with E-state index in [1.807, 2.05) is 0 Å². The van der Waals surface area contributed by atoms with Gasteiger partial charge in [-0.3, -0.25) is 9.52 Å². The van der Waals surface area contributed by atoms with E-state index in [1.165, 1.54) is 37.6 Å². The average Bonchev–Trinajstić information content (AvgIpc) is 2.94. The van der Waals surface area contributed by atoms with E-state index in [0.29, 0.717) is 22.5 Å².